The van der Waals surface area contributed by atoms with E-state index >= 15 is 0 Å². The van der Waals surface area contributed by atoms with Crippen LogP contribution in [-0.2, 0) is 13.0 Å². The second kappa shape index (κ2) is 6.21. The Morgan fingerprint density at radius 3 is 3.12 bits per heavy atom. The van der Waals surface area contributed by atoms with E-state index in [1.807, 2.05) is 7.05 Å². The van der Waals surface area contributed by atoms with Gasteiger partial charge in [-0.3, -0.25) is 0 Å². The minimum Gasteiger partial charge on any atom is -0.316 e. The van der Waals surface area contributed by atoms with Crippen LogP contribution in [0.5, 0.6) is 0 Å². The minimum absolute atomic E-state index is 0.869. The molecule has 1 aliphatic heterocycles. The molecule has 0 amide bonds. The van der Waals surface area contributed by atoms with Crippen LogP contribution < -0.4 is 5.32 Å². The number of nitrogens with one attached hydrogen (secondary N) is 1. The minimum atomic E-state index is 0.869. The summed E-state index contributed by atoms with van der Waals surface area (Å²) in [6.45, 7) is 5.98. The highest BCUT2D eigenvalue weighted by molar-refractivity contribution is 7.99. The molecule has 1 aromatic rings. The fraction of sp³-hybridized carbons (Fsp3) is 0.667. The van der Waals surface area contributed by atoms with E-state index in [2.05, 4.69) is 26.7 Å². The van der Waals surface area contributed by atoms with Gasteiger partial charge in [-0.25, -0.2) is 0 Å². The summed E-state index contributed by atoms with van der Waals surface area (Å²) >= 11 is 1.75. The number of rotatable bonds is 5. The highest BCUT2D eigenvalue weighted by atomic mass is 32.2. The summed E-state index contributed by atoms with van der Waals surface area (Å²) in [6, 6.07) is 0. The van der Waals surface area contributed by atoms with Gasteiger partial charge in [-0.05, 0) is 19.9 Å². The number of nitrogens with zero attached hydrogens (tertiary/aromatic N) is 3. The van der Waals surface area contributed by atoms with E-state index in [0.29, 0.717) is 0 Å². The Kier molecular flexibility index (Phi) is 4.62. The number of hydrogen-bond donors (Lipinski definition) is 1. The molecule has 0 atom stereocenters. The van der Waals surface area contributed by atoms with Crippen molar-refractivity contribution in [3.8, 4) is 0 Å². The third-order valence-corrected chi connectivity index (χ3v) is 4.02. The molecule has 0 bridgehead atoms. The van der Waals surface area contributed by atoms with Gasteiger partial charge in [-0.1, -0.05) is 30.3 Å². The van der Waals surface area contributed by atoms with Crippen molar-refractivity contribution in [3.63, 3.8) is 0 Å². The number of aromatic nitrogens is 3. The lowest BCUT2D eigenvalue weighted by molar-refractivity contribution is 0.591. The summed E-state index contributed by atoms with van der Waals surface area (Å²) in [5, 5.41) is 12.7. The van der Waals surface area contributed by atoms with E-state index in [-0.39, 0.29) is 0 Å². The Morgan fingerprint density at radius 2 is 2.29 bits per heavy atom. The lowest BCUT2D eigenvalue weighted by atomic mass is 10.2. The molecule has 0 saturated heterocycles. The van der Waals surface area contributed by atoms with Crippen LogP contribution in [0.1, 0.15) is 25.1 Å². The molecule has 5 heteroatoms. The summed E-state index contributed by atoms with van der Waals surface area (Å²) in [5.74, 6) is 2.07. The fourth-order valence-electron chi connectivity index (χ4n) is 2.03. The van der Waals surface area contributed by atoms with E-state index in [0.717, 1.165) is 36.2 Å². The van der Waals surface area contributed by atoms with Crippen LogP contribution >= 0.6 is 11.8 Å². The quantitative estimate of drug-likeness (QED) is 0.642. The van der Waals surface area contributed by atoms with Crippen molar-refractivity contribution in [1.29, 1.82) is 0 Å². The van der Waals surface area contributed by atoms with Crippen molar-refractivity contribution in [2.45, 2.75) is 37.4 Å². The van der Waals surface area contributed by atoms with E-state index in [9.17, 15) is 0 Å². The van der Waals surface area contributed by atoms with Crippen LogP contribution in [0, 0.1) is 0 Å². The molecule has 17 heavy (non-hydrogen) atoms. The zero-order valence-electron chi connectivity index (χ0n) is 10.4. The van der Waals surface area contributed by atoms with E-state index in [1.54, 1.807) is 11.8 Å². The molecule has 0 aromatic carbocycles. The zero-order chi connectivity index (χ0) is 12.1. The van der Waals surface area contributed by atoms with Gasteiger partial charge in [-0.15, -0.1) is 10.2 Å². The standard InChI is InChI=1S/C12H20N4S/c1-10(8-13-2)9-17-12-15-14-11-6-4-3-5-7-16(11)12/h13H,1,3-9H2,2H3. The van der Waals surface area contributed by atoms with Crippen molar-refractivity contribution in [3.05, 3.63) is 18.0 Å². The molecule has 0 aliphatic carbocycles. The molecule has 94 valence electrons. The third kappa shape index (κ3) is 3.33. The first-order valence-corrected chi connectivity index (χ1v) is 7.16. The normalized spacial score (nSPS) is 15.4. The van der Waals surface area contributed by atoms with Gasteiger partial charge in [0.1, 0.15) is 5.82 Å². The molecule has 2 heterocycles. The fourth-order valence-corrected chi connectivity index (χ4v) is 2.92. The molecule has 0 radical (unpaired) electrons. The van der Waals surface area contributed by atoms with Crippen LogP contribution in [0.15, 0.2) is 17.3 Å². The van der Waals surface area contributed by atoms with E-state index < -0.39 is 0 Å². The molecule has 0 spiro atoms. The summed E-state index contributed by atoms with van der Waals surface area (Å²) in [6.07, 6.45) is 4.87. The Labute approximate surface area is 107 Å². The Balaban J connectivity index is 1.97. The maximum Gasteiger partial charge on any atom is 0.191 e. The number of thioether (sulfide) groups is 1. The molecule has 0 saturated carbocycles. The second-order valence-electron chi connectivity index (χ2n) is 4.43. The van der Waals surface area contributed by atoms with Crippen LogP contribution in [0.2, 0.25) is 0 Å². The monoisotopic (exact) mass is 252 g/mol. The van der Waals surface area contributed by atoms with Crippen molar-refractivity contribution in [1.82, 2.24) is 20.1 Å². The van der Waals surface area contributed by atoms with E-state index in [1.165, 1.54) is 24.8 Å². The lowest BCUT2D eigenvalue weighted by Gasteiger charge is -2.07. The molecule has 1 aromatic heterocycles. The van der Waals surface area contributed by atoms with Crippen molar-refractivity contribution < 1.29 is 0 Å². The highest BCUT2D eigenvalue weighted by Crippen LogP contribution is 2.22. The average Bonchev–Trinajstić information content (AvgIpc) is 2.56. The summed E-state index contributed by atoms with van der Waals surface area (Å²) in [7, 11) is 1.94. The Bertz CT molecular complexity index is 386. The molecular weight excluding hydrogens is 232 g/mol. The van der Waals surface area contributed by atoms with Gasteiger partial charge in [0, 0.05) is 25.3 Å². The zero-order valence-corrected chi connectivity index (χ0v) is 11.2. The highest BCUT2D eigenvalue weighted by Gasteiger charge is 2.14. The number of aryl methyl sites for hydroxylation is 1. The van der Waals surface area contributed by atoms with Gasteiger partial charge in [0.2, 0.25) is 0 Å². The summed E-state index contributed by atoms with van der Waals surface area (Å²) in [4.78, 5) is 0. The first kappa shape index (κ1) is 12.6. The lowest BCUT2D eigenvalue weighted by Crippen LogP contribution is -2.11. The Morgan fingerprint density at radius 1 is 1.41 bits per heavy atom. The van der Waals surface area contributed by atoms with Crippen LogP contribution in [0.25, 0.3) is 0 Å². The molecular formula is C12H20N4S. The van der Waals surface area contributed by atoms with E-state index in [4.69, 9.17) is 0 Å². The topological polar surface area (TPSA) is 42.7 Å². The molecule has 1 aliphatic rings. The van der Waals surface area contributed by atoms with Crippen LogP contribution in [0.3, 0.4) is 0 Å². The first-order chi connectivity index (χ1) is 8.31. The largest absolute Gasteiger partial charge is 0.316 e. The Hall–Kier alpha value is -0.810. The van der Waals surface area contributed by atoms with Gasteiger partial charge < -0.3 is 9.88 Å². The van der Waals surface area contributed by atoms with Crippen molar-refractivity contribution in [2.75, 3.05) is 19.3 Å². The average molecular weight is 252 g/mol. The van der Waals surface area contributed by atoms with Crippen LogP contribution in [0.4, 0.5) is 0 Å². The van der Waals surface area contributed by atoms with Gasteiger partial charge in [-0.2, -0.15) is 0 Å². The second-order valence-corrected chi connectivity index (χ2v) is 5.37. The smallest absolute Gasteiger partial charge is 0.191 e. The van der Waals surface area contributed by atoms with Crippen molar-refractivity contribution in [2.24, 2.45) is 0 Å². The maximum atomic E-state index is 4.29. The van der Waals surface area contributed by atoms with Gasteiger partial charge in [0.25, 0.3) is 0 Å². The molecule has 0 fully saturated rings. The number of hydrogen-bond acceptors (Lipinski definition) is 4. The third-order valence-electron chi connectivity index (χ3n) is 2.91. The van der Waals surface area contributed by atoms with Gasteiger partial charge in [0.15, 0.2) is 5.16 Å². The molecule has 4 nitrogen and oxygen atoms in total. The maximum absolute atomic E-state index is 4.29. The first-order valence-electron chi connectivity index (χ1n) is 6.17. The predicted octanol–water partition coefficient (Wildman–Crippen LogP) is 1.87. The SMILES string of the molecule is C=C(CNC)CSc1nnc2n1CCCCC2. The number of likely N-dealkylation sites (N-methyl/N-ethyl adjacent to an activating group) is 1. The predicted molar refractivity (Wildman–Crippen MR) is 71.4 cm³/mol. The summed E-state index contributed by atoms with van der Waals surface area (Å²) < 4.78 is 2.28. The van der Waals surface area contributed by atoms with Crippen LogP contribution in [-0.4, -0.2) is 34.1 Å². The summed E-state index contributed by atoms with van der Waals surface area (Å²) in [5.41, 5.74) is 1.20. The van der Waals surface area contributed by atoms with Gasteiger partial charge >= 0.3 is 0 Å². The molecule has 0 unspecified atom stereocenters. The molecule has 2 rings (SSSR count). The molecule has 1 N–H and O–H groups in total. The van der Waals surface area contributed by atoms with Gasteiger partial charge in [0.05, 0.1) is 0 Å². The van der Waals surface area contributed by atoms with Crippen molar-refractivity contribution >= 4 is 11.8 Å². The number of fused-ring (bicyclic) bond motifs is 1.